The van der Waals surface area contributed by atoms with E-state index in [1.54, 1.807) is 0 Å². The van der Waals surface area contributed by atoms with Crippen molar-refractivity contribution in [2.24, 2.45) is 0 Å². The summed E-state index contributed by atoms with van der Waals surface area (Å²) < 4.78 is 0.848. The van der Waals surface area contributed by atoms with Gasteiger partial charge in [0.05, 0.1) is 10.2 Å². The Hall–Kier alpha value is -0.940. The van der Waals surface area contributed by atoms with Crippen LogP contribution in [0.2, 0.25) is 0 Å². The molecular weight excluding hydrogens is 298 g/mol. The molecule has 88 valence electrons. The molecule has 3 nitrogen and oxygen atoms in total. The average Bonchev–Trinajstić information content (AvgIpc) is 2.70. The predicted octanol–water partition coefficient (Wildman–Crippen LogP) is 3.46. The number of H-pyrrole nitrogens is 1. The van der Waals surface area contributed by atoms with Gasteiger partial charge in [0.2, 0.25) is 0 Å². The fourth-order valence-electron chi connectivity index (χ4n) is 2.05. The third-order valence-electron chi connectivity index (χ3n) is 2.93. The van der Waals surface area contributed by atoms with E-state index in [1.807, 2.05) is 11.8 Å². The summed E-state index contributed by atoms with van der Waals surface area (Å²) in [6, 6.07) is 6.55. The summed E-state index contributed by atoms with van der Waals surface area (Å²) in [5, 5.41) is 6.97. The predicted molar refractivity (Wildman–Crippen MR) is 75.2 cm³/mol. The molecule has 0 unspecified atom stereocenters. The van der Waals surface area contributed by atoms with Crippen molar-refractivity contribution in [1.82, 2.24) is 10.2 Å². The lowest BCUT2D eigenvalue weighted by atomic mass is 10.0. The highest BCUT2D eigenvalue weighted by Crippen LogP contribution is 2.35. The Morgan fingerprint density at radius 3 is 3.06 bits per heavy atom. The van der Waals surface area contributed by atoms with Crippen LogP contribution in [-0.2, 0) is 6.42 Å². The van der Waals surface area contributed by atoms with E-state index in [9.17, 15) is 0 Å². The molecule has 1 aromatic carbocycles. The van der Waals surface area contributed by atoms with Crippen molar-refractivity contribution in [3.05, 3.63) is 28.2 Å². The smallest absolute Gasteiger partial charge is 0.160 e. The Bertz CT molecular complexity index is 565. The minimum Gasteiger partial charge on any atom is -0.381 e. The molecule has 3 N–H and O–H groups in total. The number of benzene rings is 1. The summed E-state index contributed by atoms with van der Waals surface area (Å²) >= 11 is 5.40. The summed E-state index contributed by atoms with van der Waals surface area (Å²) in [6.45, 7) is 0. The van der Waals surface area contributed by atoms with Crippen LogP contribution in [0.15, 0.2) is 27.6 Å². The molecule has 5 heteroatoms. The van der Waals surface area contributed by atoms with Gasteiger partial charge in [-0.15, -0.1) is 11.8 Å². The highest BCUT2D eigenvalue weighted by atomic mass is 79.9. The first kappa shape index (κ1) is 11.2. The molecule has 17 heavy (non-hydrogen) atoms. The van der Waals surface area contributed by atoms with Crippen LogP contribution in [-0.4, -0.2) is 16.0 Å². The SMILES string of the molecule is Nc1n[nH]c(-c2ccc3c(c2)CCCS3)c1Br. The standard InChI is InChI=1S/C12H12BrN3S/c13-10-11(15-16-12(10)14)8-3-4-9-7(6-8)2-1-5-17-9/h3-4,6H,1-2,5H2,(H3,14,15,16). The van der Waals surface area contributed by atoms with Crippen LogP contribution in [0.4, 0.5) is 5.82 Å². The number of thioether (sulfide) groups is 1. The largest absolute Gasteiger partial charge is 0.381 e. The number of fused-ring (bicyclic) bond motifs is 1. The quantitative estimate of drug-likeness (QED) is 0.848. The fourth-order valence-corrected chi connectivity index (χ4v) is 3.47. The second-order valence-electron chi connectivity index (χ2n) is 4.07. The van der Waals surface area contributed by atoms with Gasteiger partial charge >= 0.3 is 0 Å². The number of nitrogens with two attached hydrogens (primary N) is 1. The first-order valence-corrected chi connectivity index (χ1v) is 7.29. The van der Waals surface area contributed by atoms with E-state index in [2.05, 4.69) is 44.3 Å². The molecule has 3 rings (SSSR count). The normalized spacial score (nSPS) is 14.6. The van der Waals surface area contributed by atoms with E-state index in [4.69, 9.17) is 5.73 Å². The van der Waals surface area contributed by atoms with Crippen LogP contribution in [0, 0.1) is 0 Å². The second-order valence-corrected chi connectivity index (χ2v) is 6.00. The zero-order valence-corrected chi connectivity index (χ0v) is 11.6. The number of hydrogen-bond donors (Lipinski definition) is 2. The van der Waals surface area contributed by atoms with E-state index in [1.165, 1.54) is 22.6 Å². The van der Waals surface area contributed by atoms with Crippen LogP contribution >= 0.6 is 27.7 Å². The van der Waals surface area contributed by atoms with E-state index >= 15 is 0 Å². The van der Waals surface area contributed by atoms with Crippen molar-refractivity contribution in [1.29, 1.82) is 0 Å². The fraction of sp³-hybridized carbons (Fsp3) is 0.250. The number of aromatic nitrogens is 2. The van der Waals surface area contributed by atoms with Crippen molar-refractivity contribution >= 4 is 33.5 Å². The number of nitrogen functional groups attached to an aromatic ring is 1. The number of anilines is 1. The molecule has 0 aliphatic carbocycles. The number of nitrogens with one attached hydrogen (secondary N) is 1. The second kappa shape index (κ2) is 4.38. The van der Waals surface area contributed by atoms with E-state index in [0.717, 1.165) is 22.2 Å². The number of hydrogen-bond acceptors (Lipinski definition) is 3. The first-order valence-electron chi connectivity index (χ1n) is 5.51. The van der Waals surface area contributed by atoms with Gasteiger partial charge in [-0.25, -0.2) is 0 Å². The Labute approximate surface area is 112 Å². The Morgan fingerprint density at radius 1 is 1.41 bits per heavy atom. The van der Waals surface area contributed by atoms with Crippen molar-refractivity contribution in [2.75, 3.05) is 11.5 Å². The maximum absolute atomic E-state index is 5.72. The molecule has 0 atom stereocenters. The van der Waals surface area contributed by atoms with E-state index in [0.29, 0.717) is 5.82 Å². The molecule has 0 fully saturated rings. The zero-order valence-electron chi connectivity index (χ0n) is 9.16. The molecule has 2 heterocycles. The van der Waals surface area contributed by atoms with Gasteiger partial charge in [-0.05, 0) is 52.2 Å². The van der Waals surface area contributed by atoms with Gasteiger partial charge in [0.15, 0.2) is 5.82 Å². The highest BCUT2D eigenvalue weighted by molar-refractivity contribution is 9.10. The minimum absolute atomic E-state index is 0.507. The summed E-state index contributed by atoms with van der Waals surface area (Å²) in [4.78, 5) is 1.41. The third kappa shape index (κ3) is 1.98. The minimum atomic E-state index is 0.507. The van der Waals surface area contributed by atoms with Gasteiger partial charge in [-0.3, -0.25) is 5.10 Å². The van der Waals surface area contributed by atoms with Gasteiger partial charge in [0, 0.05) is 10.5 Å². The van der Waals surface area contributed by atoms with E-state index in [-0.39, 0.29) is 0 Å². The molecule has 0 amide bonds. The first-order chi connectivity index (χ1) is 8.25. The van der Waals surface area contributed by atoms with Gasteiger partial charge in [-0.2, -0.15) is 5.10 Å². The molecule has 0 bridgehead atoms. The lowest BCUT2D eigenvalue weighted by Gasteiger charge is -2.15. The number of rotatable bonds is 1. The topological polar surface area (TPSA) is 54.7 Å². The van der Waals surface area contributed by atoms with Crippen LogP contribution in [0.1, 0.15) is 12.0 Å². The maximum Gasteiger partial charge on any atom is 0.160 e. The molecule has 1 aliphatic heterocycles. The maximum atomic E-state index is 5.72. The van der Waals surface area contributed by atoms with Crippen LogP contribution < -0.4 is 5.73 Å². The van der Waals surface area contributed by atoms with Gasteiger partial charge in [0.25, 0.3) is 0 Å². The molecule has 2 aromatic rings. The molecule has 0 saturated carbocycles. The number of halogens is 1. The average molecular weight is 310 g/mol. The van der Waals surface area contributed by atoms with Crippen molar-refractivity contribution < 1.29 is 0 Å². The van der Waals surface area contributed by atoms with Crippen molar-refractivity contribution in [3.63, 3.8) is 0 Å². The Balaban J connectivity index is 2.07. The summed E-state index contributed by atoms with van der Waals surface area (Å²) in [6.07, 6.45) is 2.42. The Morgan fingerprint density at radius 2 is 2.29 bits per heavy atom. The van der Waals surface area contributed by atoms with Crippen LogP contribution in [0.25, 0.3) is 11.3 Å². The van der Waals surface area contributed by atoms with Gasteiger partial charge in [-0.1, -0.05) is 6.07 Å². The Kier molecular flexibility index (Phi) is 2.88. The highest BCUT2D eigenvalue weighted by Gasteiger charge is 2.14. The molecule has 0 radical (unpaired) electrons. The molecule has 0 saturated heterocycles. The van der Waals surface area contributed by atoms with Crippen molar-refractivity contribution in [2.45, 2.75) is 17.7 Å². The molecule has 1 aliphatic rings. The van der Waals surface area contributed by atoms with Gasteiger partial charge in [0.1, 0.15) is 0 Å². The number of aryl methyl sites for hydroxylation is 1. The monoisotopic (exact) mass is 309 g/mol. The molecule has 1 aromatic heterocycles. The summed E-state index contributed by atoms with van der Waals surface area (Å²) in [7, 11) is 0. The van der Waals surface area contributed by atoms with Gasteiger partial charge < -0.3 is 5.73 Å². The molecular formula is C12H12BrN3S. The van der Waals surface area contributed by atoms with Crippen LogP contribution in [0.3, 0.4) is 0 Å². The lowest BCUT2D eigenvalue weighted by Crippen LogP contribution is -1.98. The summed E-state index contributed by atoms with van der Waals surface area (Å²) in [5.41, 5.74) is 9.25. The summed E-state index contributed by atoms with van der Waals surface area (Å²) in [5.74, 6) is 1.74. The zero-order chi connectivity index (χ0) is 11.8. The van der Waals surface area contributed by atoms with Crippen molar-refractivity contribution in [3.8, 4) is 11.3 Å². The molecule has 0 spiro atoms. The number of aromatic amines is 1. The van der Waals surface area contributed by atoms with Crippen LogP contribution in [0.5, 0.6) is 0 Å². The number of nitrogens with zero attached hydrogens (tertiary/aromatic N) is 1. The van der Waals surface area contributed by atoms with E-state index < -0.39 is 0 Å². The third-order valence-corrected chi connectivity index (χ3v) is 4.93. The lowest BCUT2D eigenvalue weighted by molar-refractivity contribution is 0.890.